The van der Waals surface area contributed by atoms with Gasteiger partial charge in [-0.15, -0.1) is 0 Å². The molecular weight excluding hydrogens is 418 g/mol. The lowest BCUT2D eigenvalue weighted by molar-refractivity contribution is 0.122. The number of benzene rings is 1. The summed E-state index contributed by atoms with van der Waals surface area (Å²) in [5.74, 6) is 1.72. The van der Waals surface area contributed by atoms with Gasteiger partial charge in [-0.25, -0.2) is 15.0 Å². The summed E-state index contributed by atoms with van der Waals surface area (Å²) in [6, 6.07) is 6.61. The van der Waals surface area contributed by atoms with Crippen LogP contribution in [0.1, 0.15) is 25.7 Å². The number of aromatic amines is 1. The molecule has 33 heavy (non-hydrogen) atoms. The van der Waals surface area contributed by atoms with Crippen LogP contribution in [0, 0.1) is 0 Å². The summed E-state index contributed by atoms with van der Waals surface area (Å²) in [5, 5.41) is 4.64. The van der Waals surface area contributed by atoms with Crippen molar-refractivity contribution in [3.8, 4) is 5.75 Å². The summed E-state index contributed by atoms with van der Waals surface area (Å²) in [6.07, 6.45) is 11.1. The molecule has 1 aliphatic carbocycles. The quantitative estimate of drug-likeness (QED) is 0.481. The average Bonchev–Trinajstić information content (AvgIpc) is 3.36. The van der Waals surface area contributed by atoms with E-state index in [-0.39, 0.29) is 6.10 Å². The Balaban J connectivity index is 1.16. The lowest BCUT2D eigenvalue weighted by Gasteiger charge is -2.31. The monoisotopic (exact) mass is 445 g/mol. The van der Waals surface area contributed by atoms with Crippen LogP contribution in [0.2, 0.25) is 0 Å². The molecule has 3 aromatic heterocycles. The lowest BCUT2D eigenvalue weighted by Crippen LogP contribution is -2.36. The van der Waals surface area contributed by atoms with Gasteiger partial charge < -0.3 is 24.7 Å². The number of H-pyrrole nitrogens is 1. The molecule has 0 unspecified atom stereocenters. The second kappa shape index (κ2) is 8.82. The number of fused-ring (bicyclic) bond motifs is 2. The largest absolute Gasteiger partial charge is 0.488 e. The average molecular weight is 446 g/mol. The molecular formula is C24H27N7O2. The van der Waals surface area contributed by atoms with Crippen LogP contribution in [0.5, 0.6) is 5.75 Å². The Kier molecular flexibility index (Phi) is 5.39. The van der Waals surface area contributed by atoms with Gasteiger partial charge in [-0.05, 0) is 37.8 Å². The van der Waals surface area contributed by atoms with Crippen molar-refractivity contribution in [1.82, 2.24) is 24.9 Å². The van der Waals surface area contributed by atoms with Crippen LogP contribution in [0.15, 0.2) is 43.1 Å². The van der Waals surface area contributed by atoms with Crippen molar-refractivity contribution in [3.05, 3.63) is 43.1 Å². The summed E-state index contributed by atoms with van der Waals surface area (Å²) in [6.45, 7) is 3.24. The Labute approximate surface area is 191 Å². The van der Waals surface area contributed by atoms with Crippen LogP contribution in [-0.2, 0) is 4.74 Å². The van der Waals surface area contributed by atoms with Crippen molar-refractivity contribution in [2.45, 2.75) is 37.8 Å². The van der Waals surface area contributed by atoms with Gasteiger partial charge in [0, 0.05) is 49.5 Å². The standard InChI is InChI=1S/C24H27N7O2/c1-3-18(4-2-16(1)30-24-19-5-6-27-23(19)28-15-29-24)33-21-14-17(31-9-11-32-12-10-31)13-20-22(21)26-8-7-25-20/h5-8,13-16,18H,1-4,9-12H2,(H2,27,28,29,30)/t16-,18+. The van der Waals surface area contributed by atoms with Gasteiger partial charge >= 0.3 is 0 Å². The molecule has 6 rings (SSSR count). The number of nitrogens with one attached hydrogen (secondary N) is 2. The SMILES string of the molecule is c1cnc2c(O[C@H]3CC[C@@H](Nc4ncnc5[nH]ccc45)CC3)cc(N3CCOCC3)cc2n1. The van der Waals surface area contributed by atoms with E-state index in [0.29, 0.717) is 6.04 Å². The minimum Gasteiger partial charge on any atom is -0.488 e. The maximum absolute atomic E-state index is 6.54. The maximum atomic E-state index is 6.54. The van der Waals surface area contributed by atoms with Crippen molar-refractivity contribution in [1.29, 1.82) is 0 Å². The van der Waals surface area contributed by atoms with Gasteiger partial charge in [0.25, 0.3) is 0 Å². The van der Waals surface area contributed by atoms with Gasteiger partial charge in [0.2, 0.25) is 0 Å². The molecule has 1 aliphatic heterocycles. The molecule has 0 atom stereocenters. The van der Waals surface area contributed by atoms with E-state index in [4.69, 9.17) is 9.47 Å². The first-order valence-electron chi connectivity index (χ1n) is 11.6. The zero-order chi connectivity index (χ0) is 22.0. The number of nitrogens with zero attached hydrogens (tertiary/aromatic N) is 5. The number of hydrogen-bond acceptors (Lipinski definition) is 8. The molecule has 9 heteroatoms. The van der Waals surface area contributed by atoms with Crippen LogP contribution < -0.4 is 15.0 Å². The van der Waals surface area contributed by atoms with Crippen molar-refractivity contribution >= 4 is 33.6 Å². The van der Waals surface area contributed by atoms with Crippen molar-refractivity contribution in [2.24, 2.45) is 0 Å². The first-order valence-corrected chi connectivity index (χ1v) is 11.6. The normalized spacial score (nSPS) is 21.4. The second-order valence-corrected chi connectivity index (χ2v) is 8.67. The Bertz CT molecular complexity index is 1250. The van der Waals surface area contributed by atoms with E-state index in [2.05, 4.69) is 47.3 Å². The van der Waals surface area contributed by atoms with Gasteiger partial charge in [0.05, 0.1) is 30.2 Å². The van der Waals surface area contributed by atoms with Crippen molar-refractivity contribution in [3.63, 3.8) is 0 Å². The second-order valence-electron chi connectivity index (χ2n) is 8.67. The molecule has 4 heterocycles. The molecule has 2 N–H and O–H groups in total. The van der Waals surface area contributed by atoms with Crippen molar-refractivity contribution < 1.29 is 9.47 Å². The molecule has 0 bridgehead atoms. The highest BCUT2D eigenvalue weighted by atomic mass is 16.5. The molecule has 2 fully saturated rings. The van der Waals surface area contributed by atoms with Crippen LogP contribution >= 0.6 is 0 Å². The summed E-state index contributed by atoms with van der Waals surface area (Å²) in [7, 11) is 0. The highest BCUT2D eigenvalue weighted by Gasteiger charge is 2.25. The highest BCUT2D eigenvalue weighted by Crippen LogP contribution is 2.33. The minimum absolute atomic E-state index is 0.158. The zero-order valence-electron chi connectivity index (χ0n) is 18.4. The number of anilines is 2. The fourth-order valence-electron chi connectivity index (χ4n) is 4.81. The molecule has 1 aromatic carbocycles. The van der Waals surface area contributed by atoms with E-state index in [9.17, 15) is 0 Å². The van der Waals surface area contributed by atoms with E-state index >= 15 is 0 Å². The van der Waals surface area contributed by atoms with Crippen LogP contribution in [0.4, 0.5) is 11.5 Å². The van der Waals surface area contributed by atoms with E-state index in [0.717, 1.165) is 91.3 Å². The molecule has 1 saturated heterocycles. The third-order valence-electron chi connectivity index (χ3n) is 6.56. The maximum Gasteiger partial charge on any atom is 0.149 e. The minimum atomic E-state index is 0.158. The molecule has 170 valence electrons. The summed E-state index contributed by atoms with van der Waals surface area (Å²) in [5.41, 5.74) is 3.67. The number of rotatable bonds is 5. The Morgan fingerprint density at radius 1 is 1.00 bits per heavy atom. The molecule has 2 aliphatic rings. The zero-order valence-corrected chi connectivity index (χ0v) is 18.4. The Morgan fingerprint density at radius 3 is 2.73 bits per heavy atom. The number of hydrogen-bond donors (Lipinski definition) is 2. The van der Waals surface area contributed by atoms with E-state index in [1.165, 1.54) is 0 Å². The fraction of sp³-hybridized carbons (Fsp3) is 0.417. The van der Waals surface area contributed by atoms with Gasteiger partial charge in [-0.2, -0.15) is 0 Å². The molecule has 9 nitrogen and oxygen atoms in total. The molecule has 1 saturated carbocycles. The van der Waals surface area contributed by atoms with Gasteiger partial charge in [-0.3, -0.25) is 4.98 Å². The number of morpholine rings is 1. The Hall–Kier alpha value is -3.46. The highest BCUT2D eigenvalue weighted by molar-refractivity contribution is 5.87. The summed E-state index contributed by atoms with van der Waals surface area (Å²) in [4.78, 5) is 23.3. The van der Waals surface area contributed by atoms with Crippen LogP contribution in [-0.4, -0.2) is 63.4 Å². The molecule has 0 amide bonds. The topological polar surface area (TPSA) is 101 Å². The summed E-state index contributed by atoms with van der Waals surface area (Å²) >= 11 is 0. The van der Waals surface area contributed by atoms with Crippen LogP contribution in [0.3, 0.4) is 0 Å². The smallest absolute Gasteiger partial charge is 0.149 e. The predicted molar refractivity (Wildman–Crippen MR) is 127 cm³/mol. The predicted octanol–water partition coefficient (Wildman–Crippen LogP) is 3.54. The van der Waals surface area contributed by atoms with Crippen LogP contribution in [0.25, 0.3) is 22.1 Å². The first kappa shape index (κ1) is 20.2. The lowest BCUT2D eigenvalue weighted by atomic mass is 9.93. The first-order chi connectivity index (χ1) is 16.3. The Morgan fingerprint density at radius 2 is 1.85 bits per heavy atom. The summed E-state index contributed by atoms with van der Waals surface area (Å²) < 4.78 is 12.1. The van der Waals surface area contributed by atoms with E-state index in [1.54, 1.807) is 18.7 Å². The van der Waals surface area contributed by atoms with E-state index < -0.39 is 0 Å². The van der Waals surface area contributed by atoms with Crippen molar-refractivity contribution in [2.75, 3.05) is 36.5 Å². The van der Waals surface area contributed by atoms with Gasteiger partial charge in [0.15, 0.2) is 0 Å². The third-order valence-corrected chi connectivity index (χ3v) is 6.56. The third kappa shape index (κ3) is 4.16. The number of ether oxygens (including phenoxy) is 2. The fourth-order valence-corrected chi connectivity index (χ4v) is 4.81. The van der Waals surface area contributed by atoms with Gasteiger partial charge in [-0.1, -0.05) is 0 Å². The number of aromatic nitrogens is 5. The van der Waals surface area contributed by atoms with Gasteiger partial charge in [0.1, 0.15) is 29.1 Å². The molecule has 0 radical (unpaired) electrons. The molecule has 4 aromatic rings. The molecule has 0 spiro atoms. The van der Waals surface area contributed by atoms with E-state index in [1.807, 2.05) is 12.3 Å².